The van der Waals surface area contributed by atoms with Gasteiger partial charge in [-0.05, 0) is 36.1 Å². The fraction of sp³-hybridized carbons (Fsp3) is 0.458. The van der Waals surface area contributed by atoms with Gasteiger partial charge in [0, 0.05) is 31.9 Å². The summed E-state index contributed by atoms with van der Waals surface area (Å²) in [6, 6.07) is 16.9. The van der Waals surface area contributed by atoms with Crippen LogP contribution in [-0.2, 0) is 11.2 Å². The number of amides is 1. The van der Waals surface area contributed by atoms with Gasteiger partial charge in [-0.15, -0.1) is 0 Å². The molecule has 0 radical (unpaired) electrons. The Kier molecular flexibility index (Phi) is 5.65. The van der Waals surface area contributed by atoms with Crippen molar-refractivity contribution in [1.82, 2.24) is 5.32 Å². The van der Waals surface area contributed by atoms with Crippen LogP contribution >= 0.6 is 0 Å². The molecule has 1 N–H and O–H groups in total. The van der Waals surface area contributed by atoms with Crippen LogP contribution in [0.15, 0.2) is 48.5 Å². The van der Waals surface area contributed by atoms with Crippen LogP contribution in [0.25, 0.3) is 0 Å². The Labute approximate surface area is 173 Å². The van der Waals surface area contributed by atoms with Crippen molar-refractivity contribution in [3.63, 3.8) is 0 Å². The number of rotatable bonds is 5. The lowest BCUT2D eigenvalue weighted by molar-refractivity contribution is -0.126. The second-order valence-corrected chi connectivity index (χ2v) is 8.46. The minimum atomic E-state index is -0.0545. The highest BCUT2D eigenvalue weighted by Gasteiger charge is 2.41. The highest BCUT2D eigenvalue weighted by molar-refractivity contribution is 5.82. The number of ether oxygens (including phenoxy) is 1. The zero-order valence-corrected chi connectivity index (χ0v) is 17.6. The number of nitrogens with one attached hydrogen (secondary N) is 1. The summed E-state index contributed by atoms with van der Waals surface area (Å²) in [5.41, 5.74) is 3.67. The summed E-state index contributed by atoms with van der Waals surface area (Å²) >= 11 is 0. The number of anilines is 2. The van der Waals surface area contributed by atoms with Gasteiger partial charge >= 0.3 is 0 Å². The molecule has 1 amide bonds. The van der Waals surface area contributed by atoms with E-state index in [1.807, 2.05) is 18.2 Å². The van der Waals surface area contributed by atoms with E-state index in [2.05, 4.69) is 59.3 Å². The van der Waals surface area contributed by atoms with Crippen molar-refractivity contribution in [3.8, 4) is 5.75 Å². The van der Waals surface area contributed by atoms with Crippen molar-refractivity contribution in [3.05, 3.63) is 54.1 Å². The molecule has 5 heteroatoms. The Morgan fingerprint density at radius 1 is 1.10 bits per heavy atom. The molecule has 4 rings (SSSR count). The number of methoxy groups -OCH3 is 1. The van der Waals surface area contributed by atoms with Crippen molar-refractivity contribution in [1.29, 1.82) is 0 Å². The third-order valence-corrected chi connectivity index (χ3v) is 6.07. The summed E-state index contributed by atoms with van der Waals surface area (Å²) in [4.78, 5) is 18.0. The van der Waals surface area contributed by atoms with E-state index in [9.17, 15) is 4.79 Å². The Bertz CT molecular complexity index is 867. The van der Waals surface area contributed by atoms with Crippen LogP contribution in [-0.4, -0.2) is 45.2 Å². The highest BCUT2D eigenvalue weighted by atomic mass is 16.5. The van der Waals surface area contributed by atoms with Crippen molar-refractivity contribution in [2.45, 2.75) is 26.3 Å². The van der Waals surface area contributed by atoms with Crippen LogP contribution in [0.5, 0.6) is 5.75 Å². The van der Waals surface area contributed by atoms with E-state index in [-0.39, 0.29) is 17.9 Å². The van der Waals surface area contributed by atoms with E-state index in [1.54, 1.807) is 7.11 Å². The Balaban J connectivity index is 1.63. The van der Waals surface area contributed by atoms with Gasteiger partial charge in [0.25, 0.3) is 0 Å². The minimum Gasteiger partial charge on any atom is -0.495 e. The Hall–Kier alpha value is -2.69. The van der Waals surface area contributed by atoms with Crippen LogP contribution in [0.1, 0.15) is 19.4 Å². The quantitative estimate of drug-likeness (QED) is 0.846. The molecule has 2 atom stereocenters. The van der Waals surface area contributed by atoms with Gasteiger partial charge in [0.1, 0.15) is 5.75 Å². The van der Waals surface area contributed by atoms with E-state index in [1.165, 1.54) is 11.3 Å². The lowest BCUT2D eigenvalue weighted by Crippen LogP contribution is -2.61. The normalized spacial score (nSPS) is 20.8. The number of carbonyl (C=O) groups excluding carboxylic acids is 1. The number of fused-ring (bicyclic) bond motifs is 3. The highest BCUT2D eigenvalue weighted by Crippen LogP contribution is 2.38. The standard InChI is InChI=1S/C24H31N3O2/c1-17(2)15-25-24(28)19-14-18-8-4-5-9-20(18)27-13-12-26(16-22(19)27)21-10-6-7-11-23(21)29-3/h4-11,17,19,22H,12-16H2,1-3H3,(H,25,28). The fourth-order valence-corrected chi connectivity index (χ4v) is 4.60. The summed E-state index contributed by atoms with van der Waals surface area (Å²) in [6.45, 7) is 7.60. The zero-order valence-electron chi connectivity index (χ0n) is 17.6. The molecule has 2 aliphatic heterocycles. The molecule has 154 valence electrons. The second kappa shape index (κ2) is 8.36. The van der Waals surface area contributed by atoms with E-state index in [0.717, 1.165) is 44.0 Å². The first-order valence-electron chi connectivity index (χ1n) is 10.6. The van der Waals surface area contributed by atoms with Gasteiger partial charge in [-0.2, -0.15) is 0 Å². The molecule has 1 saturated heterocycles. The van der Waals surface area contributed by atoms with Crippen LogP contribution in [0.2, 0.25) is 0 Å². The van der Waals surface area contributed by atoms with Gasteiger partial charge in [-0.3, -0.25) is 4.79 Å². The molecule has 29 heavy (non-hydrogen) atoms. The zero-order chi connectivity index (χ0) is 20.4. The maximum atomic E-state index is 13.2. The summed E-state index contributed by atoms with van der Waals surface area (Å²) in [6.07, 6.45) is 0.793. The molecule has 1 fully saturated rings. The van der Waals surface area contributed by atoms with Crippen molar-refractivity contribution >= 4 is 17.3 Å². The van der Waals surface area contributed by atoms with Crippen molar-refractivity contribution in [2.75, 3.05) is 43.1 Å². The summed E-state index contributed by atoms with van der Waals surface area (Å²) in [7, 11) is 1.72. The number of nitrogens with zero attached hydrogens (tertiary/aromatic N) is 2. The SMILES string of the molecule is COc1ccccc1N1CCN2c3ccccc3CC(C(=O)NCC(C)C)C2C1. The minimum absolute atomic E-state index is 0.0545. The first kappa shape index (κ1) is 19.6. The van der Waals surface area contributed by atoms with Crippen LogP contribution in [0.3, 0.4) is 0 Å². The molecule has 0 aliphatic carbocycles. The van der Waals surface area contributed by atoms with E-state index in [0.29, 0.717) is 5.92 Å². The number of hydrogen-bond acceptors (Lipinski definition) is 4. The third kappa shape index (κ3) is 3.91. The van der Waals surface area contributed by atoms with Gasteiger partial charge in [-0.1, -0.05) is 44.2 Å². The van der Waals surface area contributed by atoms with Crippen molar-refractivity contribution in [2.24, 2.45) is 11.8 Å². The molecule has 2 aromatic rings. The van der Waals surface area contributed by atoms with Crippen LogP contribution in [0, 0.1) is 11.8 Å². The van der Waals surface area contributed by atoms with Gasteiger partial charge < -0.3 is 19.9 Å². The van der Waals surface area contributed by atoms with Gasteiger partial charge in [-0.25, -0.2) is 0 Å². The largest absolute Gasteiger partial charge is 0.495 e. The molecule has 5 nitrogen and oxygen atoms in total. The molecule has 0 saturated carbocycles. The average molecular weight is 394 g/mol. The molecule has 2 unspecified atom stereocenters. The Morgan fingerprint density at radius 3 is 2.59 bits per heavy atom. The lowest BCUT2D eigenvalue weighted by atomic mass is 9.83. The molecule has 2 heterocycles. The van der Waals surface area contributed by atoms with E-state index < -0.39 is 0 Å². The predicted octanol–water partition coefficient (Wildman–Crippen LogP) is 3.33. The van der Waals surface area contributed by atoms with E-state index >= 15 is 0 Å². The number of para-hydroxylation sites is 3. The molecule has 0 spiro atoms. The van der Waals surface area contributed by atoms with Gasteiger partial charge in [0.15, 0.2) is 0 Å². The molecule has 0 aromatic heterocycles. The van der Waals surface area contributed by atoms with E-state index in [4.69, 9.17) is 4.74 Å². The first-order valence-corrected chi connectivity index (χ1v) is 10.6. The number of hydrogen-bond donors (Lipinski definition) is 1. The number of carbonyl (C=O) groups is 1. The fourth-order valence-electron chi connectivity index (χ4n) is 4.60. The maximum Gasteiger partial charge on any atom is 0.225 e. The predicted molar refractivity (Wildman–Crippen MR) is 118 cm³/mol. The van der Waals surface area contributed by atoms with Gasteiger partial charge in [0.05, 0.1) is 24.8 Å². The molecule has 2 aliphatic rings. The number of piperazine rings is 1. The van der Waals surface area contributed by atoms with Crippen molar-refractivity contribution < 1.29 is 9.53 Å². The first-order chi connectivity index (χ1) is 14.1. The Morgan fingerprint density at radius 2 is 1.83 bits per heavy atom. The second-order valence-electron chi connectivity index (χ2n) is 8.46. The van der Waals surface area contributed by atoms with Crippen LogP contribution in [0.4, 0.5) is 11.4 Å². The summed E-state index contributed by atoms with van der Waals surface area (Å²) in [5, 5.41) is 3.18. The topological polar surface area (TPSA) is 44.8 Å². The van der Waals surface area contributed by atoms with Gasteiger partial charge in [0.2, 0.25) is 5.91 Å². The summed E-state index contributed by atoms with van der Waals surface area (Å²) in [5.74, 6) is 1.45. The number of benzene rings is 2. The van der Waals surface area contributed by atoms with Crippen LogP contribution < -0.4 is 19.9 Å². The molecule has 0 bridgehead atoms. The lowest BCUT2D eigenvalue weighted by Gasteiger charge is -2.49. The monoisotopic (exact) mass is 393 g/mol. The average Bonchev–Trinajstić information content (AvgIpc) is 2.76. The summed E-state index contributed by atoms with van der Waals surface area (Å²) < 4.78 is 5.60. The third-order valence-electron chi connectivity index (χ3n) is 6.07. The molecular formula is C24H31N3O2. The molecule has 2 aromatic carbocycles. The molecular weight excluding hydrogens is 362 g/mol. The maximum absolute atomic E-state index is 13.2. The smallest absolute Gasteiger partial charge is 0.225 e.